The number of nitrogens with one attached hydrogen (secondary N) is 1. The number of fused-ring (bicyclic) bond motifs is 1. The number of nitrogens with zero attached hydrogens (tertiary/aromatic N) is 4. The number of carbonyl (C=O) groups is 1. The molecule has 4 aromatic rings. The minimum atomic E-state index is -0.292. The van der Waals surface area contributed by atoms with Gasteiger partial charge in [0.05, 0.1) is 24.3 Å². The van der Waals surface area contributed by atoms with Crippen LogP contribution >= 0.6 is 0 Å². The summed E-state index contributed by atoms with van der Waals surface area (Å²) in [6.07, 6.45) is 6.92. The van der Waals surface area contributed by atoms with Crippen molar-refractivity contribution in [1.29, 1.82) is 0 Å². The normalized spacial score (nSPS) is 14.6. The molecule has 1 aliphatic rings. The Morgan fingerprint density at radius 3 is 2.87 bits per heavy atom. The van der Waals surface area contributed by atoms with Crippen molar-refractivity contribution in [2.24, 2.45) is 0 Å². The van der Waals surface area contributed by atoms with Crippen LogP contribution in [0.25, 0.3) is 22.2 Å². The molecule has 3 heterocycles. The van der Waals surface area contributed by atoms with Crippen molar-refractivity contribution < 1.29 is 13.9 Å². The molecule has 1 saturated carbocycles. The summed E-state index contributed by atoms with van der Waals surface area (Å²) in [4.78, 5) is 22.0. The maximum atomic E-state index is 13.4. The van der Waals surface area contributed by atoms with Crippen molar-refractivity contribution in [2.75, 3.05) is 12.4 Å². The lowest BCUT2D eigenvalue weighted by atomic mass is 10.1. The van der Waals surface area contributed by atoms with Crippen molar-refractivity contribution in [1.82, 2.24) is 19.7 Å². The van der Waals surface area contributed by atoms with Gasteiger partial charge in [-0.1, -0.05) is 12.1 Å². The van der Waals surface area contributed by atoms with Crippen LogP contribution in [-0.2, 0) is 0 Å². The van der Waals surface area contributed by atoms with E-state index in [1.54, 1.807) is 26.4 Å². The topological polar surface area (TPSA) is 95.1 Å². The number of ether oxygens (including phenoxy) is 1. The van der Waals surface area contributed by atoms with Crippen LogP contribution in [0.1, 0.15) is 35.9 Å². The summed E-state index contributed by atoms with van der Waals surface area (Å²) in [7, 11) is 1.62. The third-order valence-electron chi connectivity index (χ3n) is 5.49. The second-order valence-electron chi connectivity index (χ2n) is 7.83. The summed E-state index contributed by atoms with van der Waals surface area (Å²) in [5.74, 6) is 1.54. The van der Waals surface area contributed by atoms with E-state index in [0.717, 1.165) is 29.7 Å². The van der Waals surface area contributed by atoms with Crippen LogP contribution in [0.4, 0.5) is 5.82 Å². The predicted octanol–water partition coefficient (Wildman–Crippen LogP) is 4.06. The van der Waals surface area contributed by atoms with E-state index in [9.17, 15) is 4.79 Å². The van der Waals surface area contributed by atoms with E-state index in [1.165, 1.54) is 11.0 Å². The number of methoxy groups -OCH3 is 1. The van der Waals surface area contributed by atoms with Crippen LogP contribution in [0.15, 0.2) is 47.4 Å². The van der Waals surface area contributed by atoms with Crippen molar-refractivity contribution in [3.05, 3.63) is 54.3 Å². The van der Waals surface area contributed by atoms with E-state index in [-0.39, 0.29) is 11.4 Å². The van der Waals surface area contributed by atoms with Gasteiger partial charge in [-0.25, -0.2) is 14.6 Å². The van der Waals surface area contributed by atoms with Crippen LogP contribution in [0.2, 0.25) is 0 Å². The van der Waals surface area contributed by atoms with Crippen LogP contribution in [0.5, 0.6) is 5.75 Å². The number of hydrogen-bond acceptors (Lipinski definition) is 7. The number of aryl methyl sites for hydroxylation is 1. The molecule has 0 bridgehead atoms. The van der Waals surface area contributed by atoms with E-state index in [1.807, 2.05) is 24.3 Å². The Balaban J connectivity index is 1.55. The van der Waals surface area contributed by atoms with E-state index in [2.05, 4.69) is 27.3 Å². The van der Waals surface area contributed by atoms with Crippen molar-refractivity contribution in [2.45, 2.75) is 32.2 Å². The minimum absolute atomic E-state index is 0.00197. The fourth-order valence-electron chi connectivity index (χ4n) is 3.49. The Kier molecular flexibility index (Phi) is 4.09. The number of hydrogen-bond donors (Lipinski definition) is 1. The fourth-order valence-corrected chi connectivity index (χ4v) is 3.49. The first-order valence-corrected chi connectivity index (χ1v) is 9.73. The number of furan rings is 1. The molecule has 152 valence electrons. The molecule has 3 aromatic heterocycles. The van der Waals surface area contributed by atoms with Gasteiger partial charge < -0.3 is 14.5 Å². The van der Waals surface area contributed by atoms with Gasteiger partial charge in [-0.3, -0.25) is 4.79 Å². The van der Waals surface area contributed by atoms with E-state index < -0.39 is 0 Å². The first-order chi connectivity index (χ1) is 14.5. The first-order valence-electron chi connectivity index (χ1n) is 9.73. The smallest absolute Gasteiger partial charge is 0.282 e. The third-order valence-corrected chi connectivity index (χ3v) is 5.49. The fraction of sp³-hybridized carbons (Fsp3) is 0.273. The lowest BCUT2D eigenvalue weighted by molar-refractivity contribution is 0.0945. The van der Waals surface area contributed by atoms with E-state index in [0.29, 0.717) is 28.2 Å². The number of carbonyl (C=O) groups excluding carboxylic acids is 1. The molecule has 8 heteroatoms. The van der Waals surface area contributed by atoms with Crippen LogP contribution in [0, 0.1) is 6.92 Å². The molecule has 30 heavy (non-hydrogen) atoms. The van der Waals surface area contributed by atoms with Crippen molar-refractivity contribution >= 4 is 22.8 Å². The van der Waals surface area contributed by atoms with Crippen molar-refractivity contribution in [3.63, 3.8) is 0 Å². The Morgan fingerprint density at radius 2 is 2.10 bits per heavy atom. The molecular formula is C22H21N5O3. The van der Waals surface area contributed by atoms with Crippen LogP contribution < -0.4 is 10.1 Å². The molecule has 0 radical (unpaired) electrons. The van der Waals surface area contributed by atoms with Gasteiger partial charge in [0.1, 0.15) is 23.7 Å². The molecule has 8 nitrogen and oxygen atoms in total. The highest BCUT2D eigenvalue weighted by Crippen LogP contribution is 2.40. The summed E-state index contributed by atoms with van der Waals surface area (Å²) in [5, 5.41) is 8.31. The Hall–Kier alpha value is -3.68. The standard InChI is InChI=1S/C22H21N5O3/c1-13-17(18-19(26-22(2)7-8-22)23-12-24-20(18)30-13)21(28)27-11-15(10-25-27)14-5-4-6-16(9-14)29-3/h4-6,9-12H,7-8H2,1-3H3,(H,23,24,26). The van der Waals surface area contributed by atoms with Crippen LogP contribution in [0.3, 0.4) is 0 Å². The minimum Gasteiger partial charge on any atom is -0.497 e. The highest BCUT2D eigenvalue weighted by Gasteiger charge is 2.38. The average Bonchev–Trinajstić information content (AvgIpc) is 3.16. The summed E-state index contributed by atoms with van der Waals surface area (Å²) in [6.45, 7) is 3.88. The lowest BCUT2D eigenvalue weighted by Crippen LogP contribution is -2.18. The zero-order chi connectivity index (χ0) is 20.9. The molecule has 1 fully saturated rings. The molecule has 0 amide bonds. The second kappa shape index (κ2) is 6.69. The quantitative estimate of drug-likeness (QED) is 0.537. The zero-order valence-electron chi connectivity index (χ0n) is 17.0. The van der Waals surface area contributed by atoms with Gasteiger partial charge in [-0.05, 0) is 44.4 Å². The molecule has 1 N–H and O–H groups in total. The maximum Gasteiger partial charge on any atom is 0.282 e. The molecule has 1 aliphatic carbocycles. The molecule has 0 spiro atoms. The Morgan fingerprint density at radius 1 is 1.27 bits per heavy atom. The largest absolute Gasteiger partial charge is 0.497 e. The van der Waals surface area contributed by atoms with Crippen molar-refractivity contribution in [3.8, 4) is 16.9 Å². The van der Waals surface area contributed by atoms with Gasteiger partial charge in [0.25, 0.3) is 5.91 Å². The van der Waals surface area contributed by atoms with E-state index >= 15 is 0 Å². The molecule has 5 rings (SSSR count). The summed E-state index contributed by atoms with van der Waals surface area (Å²) in [6, 6.07) is 7.61. The van der Waals surface area contributed by atoms with Crippen LogP contribution in [-0.4, -0.2) is 38.3 Å². The SMILES string of the molecule is COc1cccc(-c2cnn(C(=O)c3c(C)oc4ncnc(NC5(C)CC5)c34)c2)c1. The van der Waals surface area contributed by atoms with Gasteiger partial charge in [0.2, 0.25) is 5.71 Å². The van der Waals surface area contributed by atoms with Gasteiger partial charge >= 0.3 is 0 Å². The molecule has 0 unspecified atom stereocenters. The first kappa shape index (κ1) is 18.4. The Bertz CT molecular complexity index is 1270. The average molecular weight is 403 g/mol. The molecule has 0 aliphatic heterocycles. The van der Waals surface area contributed by atoms with Gasteiger partial charge in [0, 0.05) is 17.3 Å². The summed E-state index contributed by atoms with van der Waals surface area (Å²) in [5.41, 5.74) is 2.52. The molecule has 0 saturated heterocycles. The zero-order valence-corrected chi connectivity index (χ0v) is 17.0. The molecule has 1 aromatic carbocycles. The number of anilines is 1. The number of aromatic nitrogens is 4. The predicted molar refractivity (Wildman–Crippen MR) is 112 cm³/mol. The summed E-state index contributed by atoms with van der Waals surface area (Å²) < 4.78 is 12.4. The second-order valence-corrected chi connectivity index (χ2v) is 7.83. The number of rotatable bonds is 5. The van der Waals surface area contributed by atoms with Gasteiger partial charge in [-0.15, -0.1) is 0 Å². The lowest BCUT2D eigenvalue weighted by Gasteiger charge is -2.12. The van der Waals surface area contributed by atoms with E-state index in [4.69, 9.17) is 9.15 Å². The molecular weight excluding hydrogens is 382 g/mol. The monoisotopic (exact) mass is 403 g/mol. The highest BCUT2D eigenvalue weighted by atomic mass is 16.5. The third kappa shape index (κ3) is 3.10. The Labute approximate surface area is 172 Å². The van der Waals surface area contributed by atoms with Gasteiger partial charge in [0.15, 0.2) is 0 Å². The van der Waals surface area contributed by atoms with Gasteiger partial charge in [-0.2, -0.15) is 5.10 Å². The summed E-state index contributed by atoms with van der Waals surface area (Å²) >= 11 is 0. The highest BCUT2D eigenvalue weighted by molar-refractivity contribution is 6.10. The molecule has 0 atom stereocenters. The maximum absolute atomic E-state index is 13.4. The number of benzene rings is 1.